The molecule has 0 spiro atoms. The SMILES string of the molecule is CC(NC1CCCCCC1)c1ccc2c(c1)OCCCO2. The quantitative estimate of drug-likeness (QED) is 0.845. The summed E-state index contributed by atoms with van der Waals surface area (Å²) in [6.07, 6.45) is 9.12. The molecule has 0 aromatic heterocycles. The molecule has 1 aromatic rings. The molecule has 0 radical (unpaired) electrons. The van der Waals surface area contributed by atoms with Crippen LogP contribution in [0, 0.1) is 0 Å². The zero-order chi connectivity index (χ0) is 14.5. The lowest BCUT2D eigenvalue weighted by molar-refractivity contribution is 0.297. The summed E-state index contributed by atoms with van der Waals surface area (Å²) < 4.78 is 11.5. The van der Waals surface area contributed by atoms with Gasteiger partial charge in [0.05, 0.1) is 13.2 Å². The van der Waals surface area contributed by atoms with Gasteiger partial charge in [-0.1, -0.05) is 31.7 Å². The highest BCUT2D eigenvalue weighted by atomic mass is 16.5. The number of fused-ring (bicyclic) bond motifs is 1. The van der Waals surface area contributed by atoms with Gasteiger partial charge >= 0.3 is 0 Å². The normalized spacial score (nSPS) is 21.4. The van der Waals surface area contributed by atoms with Crippen LogP contribution in [0.25, 0.3) is 0 Å². The van der Waals surface area contributed by atoms with Crippen LogP contribution in [-0.2, 0) is 0 Å². The van der Waals surface area contributed by atoms with Crippen LogP contribution in [0.4, 0.5) is 0 Å². The monoisotopic (exact) mass is 289 g/mol. The van der Waals surface area contributed by atoms with E-state index in [9.17, 15) is 0 Å². The molecule has 3 heteroatoms. The predicted molar refractivity (Wildman–Crippen MR) is 85.1 cm³/mol. The van der Waals surface area contributed by atoms with Crippen molar-refractivity contribution in [1.82, 2.24) is 5.32 Å². The number of hydrogen-bond acceptors (Lipinski definition) is 3. The summed E-state index contributed by atoms with van der Waals surface area (Å²) in [5, 5.41) is 3.80. The van der Waals surface area contributed by atoms with Crippen molar-refractivity contribution in [2.24, 2.45) is 0 Å². The summed E-state index contributed by atoms with van der Waals surface area (Å²) in [6, 6.07) is 7.40. The third-order valence-electron chi connectivity index (χ3n) is 4.61. The van der Waals surface area contributed by atoms with Crippen LogP contribution in [0.3, 0.4) is 0 Å². The smallest absolute Gasteiger partial charge is 0.161 e. The van der Waals surface area contributed by atoms with Crippen molar-refractivity contribution in [3.63, 3.8) is 0 Å². The zero-order valence-corrected chi connectivity index (χ0v) is 13.1. The molecule has 0 bridgehead atoms. The molecule has 3 rings (SSSR count). The summed E-state index contributed by atoms with van der Waals surface area (Å²) in [7, 11) is 0. The minimum Gasteiger partial charge on any atom is -0.490 e. The molecule has 0 amide bonds. The second-order valence-corrected chi connectivity index (χ2v) is 6.33. The molecule has 1 aliphatic heterocycles. The molecule has 3 nitrogen and oxygen atoms in total. The highest BCUT2D eigenvalue weighted by molar-refractivity contribution is 5.44. The van der Waals surface area contributed by atoms with Crippen LogP contribution < -0.4 is 14.8 Å². The van der Waals surface area contributed by atoms with Gasteiger partial charge in [-0.15, -0.1) is 0 Å². The van der Waals surface area contributed by atoms with Crippen LogP contribution in [0.15, 0.2) is 18.2 Å². The molecule has 1 heterocycles. The van der Waals surface area contributed by atoms with Gasteiger partial charge in [-0.2, -0.15) is 0 Å². The van der Waals surface area contributed by atoms with E-state index >= 15 is 0 Å². The van der Waals surface area contributed by atoms with Crippen LogP contribution in [0.5, 0.6) is 11.5 Å². The summed E-state index contributed by atoms with van der Waals surface area (Å²) in [5.74, 6) is 1.79. The molecule has 1 saturated carbocycles. The molecule has 116 valence electrons. The zero-order valence-electron chi connectivity index (χ0n) is 13.1. The highest BCUT2D eigenvalue weighted by Crippen LogP contribution is 2.32. The van der Waals surface area contributed by atoms with Gasteiger partial charge < -0.3 is 14.8 Å². The summed E-state index contributed by atoms with van der Waals surface area (Å²) in [5.41, 5.74) is 1.29. The van der Waals surface area contributed by atoms with E-state index in [1.165, 1.54) is 44.1 Å². The van der Waals surface area contributed by atoms with Crippen LogP contribution in [0.2, 0.25) is 0 Å². The molecular formula is C18H27NO2. The second-order valence-electron chi connectivity index (χ2n) is 6.33. The van der Waals surface area contributed by atoms with Crippen molar-refractivity contribution in [3.05, 3.63) is 23.8 Å². The van der Waals surface area contributed by atoms with Gasteiger partial charge in [0, 0.05) is 18.5 Å². The van der Waals surface area contributed by atoms with Gasteiger partial charge in [0.25, 0.3) is 0 Å². The van der Waals surface area contributed by atoms with E-state index in [1.807, 2.05) is 0 Å². The van der Waals surface area contributed by atoms with Gasteiger partial charge in [-0.25, -0.2) is 0 Å². The van der Waals surface area contributed by atoms with Crippen molar-refractivity contribution in [2.45, 2.75) is 64.0 Å². The first-order valence-corrected chi connectivity index (χ1v) is 8.48. The lowest BCUT2D eigenvalue weighted by atomic mass is 10.0. The van der Waals surface area contributed by atoms with Gasteiger partial charge in [0.1, 0.15) is 0 Å². The van der Waals surface area contributed by atoms with Gasteiger partial charge in [0.15, 0.2) is 11.5 Å². The van der Waals surface area contributed by atoms with E-state index in [0.29, 0.717) is 12.1 Å². The van der Waals surface area contributed by atoms with Gasteiger partial charge in [-0.05, 0) is 37.5 Å². The van der Waals surface area contributed by atoms with E-state index in [4.69, 9.17) is 9.47 Å². The van der Waals surface area contributed by atoms with E-state index in [-0.39, 0.29) is 0 Å². The fourth-order valence-corrected chi connectivity index (χ4v) is 3.35. The molecule has 0 saturated heterocycles. The molecule has 1 N–H and O–H groups in total. The Morgan fingerprint density at radius 3 is 2.43 bits per heavy atom. The maximum atomic E-state index is 5.80. The lowest BCUT2D eigenvalue weighted by Crippen LogP contribution is -2.31. The van der Waals surface area contributed by atoms with Crippen molar-refractivity contribution >= 4 is 0 Å². The van der Waals surface area contributed by atoms with Crippen LogP contribution >= 0.6 is 0 Å². The summed E-state index contributed by atoms with van der Waals surface area (Å²) in [4.78, 5) is 0. The van der Waals surface area contributed by atoms with Crippen molar-refractivity contribution in [2.75, 3.05) is 13.2 Å². The summed E-state index contributed by atoms with van der Waals surface area (Å²) >= 11 is 0. The number of ether oxygens (including phenoxy) is 2. The fourth-order valence-electron chi connectivity index (χ4n) is 3.35. The van der Waals surface area contributed by atoms with Crippen LogP contribution in [0.1, 0.15) is 63.5 Å². The molecule has 21 heavy (non-hydrogen) atoms. The Labute approximate surface area is 128 Å². The molecule has 2 aliphatic rings. The fraction of sp³-hybridized carbons (Fsp3) is 0.667. The molecule has 1 unspecified atom stereocenters. The minimum atomic E-state index is 0.366. The topological polar surface area (TPSA) is 30.5 Å². The molecule has 1 fully saturated rings. The minimum absolute atomic E-state index is 0.366. The van der Waals surface area contributed by atoms with E-state index in [0.717, 1.165) is 31.1 Å². The number of rotatable bonds is 3. The average Bonchev–Trinajstić information content (AvgIpc) is 2.88. The second kappa shape index (κ2) is 7.17. The Hall–Kier alpha value is -1.22. The Morgan fingerprint density at radius 2 is 1.67 bits per heavy atom. The lowest BCUT2D eigenvalue weighted by Gasteiger charge is -2.23. The van der Waals surface area contributed by atoms with E-state index < -0.39 is 0 Å². The van der Waals surface area contributed by atoms with Crippen molar-refractivity contribution < 1.29 is 9.47 Å². The highest BCUT2D eigenvalue weighted by Gasteiger charge is 2.17. The maximum absolute atomic E-state index is 5.80. The average molecular weight is 289 g/mol. The third-order valence-corrected chi connectivity index (χ3v) is 4.61. The number of benzene rings is 1. The Morgan fingerprint density at radius 1 is 0.952 bits per heavy atom. The third kappa shape index (κ3) is 3.91. The first kappa shape index (κ1) is 14.7. The maximum Gasteiger partial charge on any atom is 0.161 e. The molecular weight excluding hydrogens is 262 g/mol. The Kier molecular flexibility index (Phi) is 5.02. The standard InChI is InChI=1S/C18H27NO2/c1-14(19-16-7-4-2-3-5-8-16)15-9-10-17-18(13-15)21-12-6-11-20-17/h9-10,13-14,16,19H,2-8,11-12H2,1H3. The number of hydrogen-bond donors (Lipinski definition) is 1. The van der Waals surface area contributed by atoms with Crippen LogP contribution in [-0.4, -0.2) is 19.3 Å². The molecule has 1 atom stereocenters. The first-order valence-electron chi connectivity index (χ1n) is 8.48. The predicted octanol–water partition coefficient (Wildman–Crippen LogP) is 4.22. The van der Waals surface area contributed by atoms with Crippen molar-refractivity contribution in [3.8, 4) is 11.5 Å². The Balaban J connectivity index is 1.66. The van der Waals surface area contributed by atoms with Crippen molar-refractivity contribution in [1.29, 1.82) is 0 Å². The van der Waals surface area contributed by atoms with E-state index in [2.05, 4.69) is 30.4 Å². The number of nitrogens with one attached hydrogen (secondary N) is 1. The van der Waals surface area contributed by atoms with Gasteiger partial charge in [0.2, 0.25) is 0 Å². The Bertz CT molecular complexity index is 453. The van der Waals surface area contributed by atoms with E-state index in [1.54, 1.807) is 0 Å². The summed E-state index contributed by atoms with van der Waals surface area (Å²) in [6.45, 7) is 3.76. The van der Waals surface area contributed by atoms with Gasteiger partial charge in [-0.3, -0.25) is 0 Å². The first-order chi connectivity index (χ1) is 10.3. The molecule has 1 aliphatic carbocycles. The largest absolute Gasteiger partial charge is 0.490 e. The molecule has 1 aromatic carbocycles.